The van der Waals surface area contributed by atoms with Gasteiger partial charge in [-0.1, -0.05) is 0 Å². The molecule has 13 heavy (non-hydrogen) atoms. The first-order valence-electron chi connectivity index (χ1n) is 3.50. The minimum atomic E-state index is -0.523. The van der Waals surface area contributed by atoms with Crippen molar-refractivity contribution in [3.63, 3.8) is 0 Å². The van der Waals surface area contributed by atoms with Gasteiger partial charge in [-0.3, -0.25) is 0 Å². The van der Waals surface area contributed by atoms with E-state index >= 15 is 0 Å². The number of anilines is 1. The van der Waals surface area contributed by atoms with Gasteiger partial charge in [0.25, 0.3) is 0 Å². The fourth-order valence-corrected chi connectivity index (χ4v) is 0.868. The van der Waals surface area contributed by atoms with E-state index in [1.165, 1.54) is 25.3 Å². The van der Waals surface area contributed by atoms with Crippen molar-refractivity contribution in [1.29, 1.82) is 0 Å². The molecule has 0 spiro atoms. The maximum Gasteiger partial charge on any atom is 0.337 e. The summed E-state index contributed by atoms with van der Waals surface area (Å²) in [7, 11) is 1.26. The smallest absolute Gasteiger partial charge is 0.337 e. The van der Waals surface area contributed by atoms with Gasteiger partial charge in [0.2, 0.25) is 0 Å². The summed E-state index contributed by atoms with van der Waals surface area (Å²) in [6, 6.07) is 4.19. The fraction of sp³-hybridized carbons (Fsp3) is 0.125. The van der Waals surface area contributed by atoms with E-state index in [0.717, 1.165) is 0 Å². The van der Waals surface area contributed by atoms with Gasteiger partial charge in [-0.05, 0) is 23.4 Å². The minimum Gasteiger partial charge on any atom is -0.465 e. The van der Waals surface area contributed by atoms with Gasteiger partial charge in [0.05, 0.1) is 18.4 Å². The first-order chi connectivity index (χ1) is 6.19. The van der Waals surface area contributed by atoms with E-state index in [9.17, 15) is 9.70 Å². The molecular formula is C8H8N2O3. The summed E-state index contributed by atoms with van der Waals surface area (Å²) >= 11 is 0. The molecule has 0 fully saturated rings. The predicted molar refractivity (Wildman–Crippen MR) is 47.6 cm³/mol. The van der Waals surface area contributed by atoms with Gasteiger partial charge >= 0.3 is 5.97 Å². The number of esters is 1. The van der Waals surface area contributed by atoms with Gasteiger partial charge in [-0.25, -0.2) is 4.79 Å². The third-order valence-corrected chi connectivity index (χ3v) is 1.55. The Bertz CT molecular complexity index is 349. The summed E-state index contributed by atoms with van der Waals surface area (Å²) in [5.74, 6) is -0.523. The molecule has 0 heterocycles. The topological polar surface area (TPSA) is 81.8 Å². The van der Waals surface area contributed by atoms with Crippen LogP contribution in [-0.4, -0.2) is 13.1 Å². The third-order valence-electron chi connectivity index (χ3n) is 1.55. The number of nitrogen functional groups attached to an aromatic ring is 1. The molecule has 0 aromatic heterocycles. The summed E-state index contributed by atoms with van der Waals surface area (Å²) in [4.78, 5) is 21.2. The lowest BCUT2D eigenvalue weighted by Crippen LogP contribution is -2.01. The highest BCUT2D eigenvalue weighted by molar-refractivity contribution is 5.91. The van der Waals surface area contributed by atoms with Crippen LogP contribution < -0.4 is 5.73 Å². The van der Waals surface area contributed by atoms with E-state index in [2.05, 4.69) is 9.91 Å². The Morgan fingerprint density at radius 2 is 2.23 bits per heavy atom. The molecule has 0 saturated heterocycles. The molecule has 68 valence electrons. The number of carbonyl (C=O) groups excluding carboxylic acids is 1. The van der Waals surface area contributed by atoms with E-state index in [-0.39, 0.29) is 16.9 Å². The number of nitrogens with two attached hydrogens (primary N) is 1. The van der Waals surface area contributed by atoms with Crippen molar-refractivity contribution < 1.29 is 9.53 Å². The number of methoxy groups -OCH3 is 1. The minimum absolute atomic E-state index is 0.0444. The molecule has 0 bridgehead atoms. The van der Waals surface area contributed by atoms with Crippen LogP contribution in [0.4, 0.5) is 11.4 Å². The van der Waals surface area contributed by atoms with Crippen LogP contribution in [0, 0.1) is 4.91 Å². The number of carbonyl (C=O) groups is 1. The van der Waals surface area contributed by atoms with E-state index in [1.807, 2.05) is 0 Å². The molecule has 1 rings (SSSR count). The molecule has 0 aliphatic carbocycles. The van der Waals surface area contributed by atoms with Gasteiger partial charge in [-0.2, -0.15) is 0 Å². The largest absolute Gasteiger partial charge is 0.465 e. The first-order valence-corrected chi connectivity index (χ1v) is 3.50. The zero-order valence-corrected chi connectivity index (χ0v) is 6.98. The van der Waals surface area contributed by atoms with Crippen LogP contribution in [0.15, 0.2) is 23.4 Å². The Balaban J connectivity index is 3.13. The van der Waals surface area contributed by atoms with Gasteiger partial charge in [0.1, 0.15) is 5.69 Å². The molecular weight excluding hydrogens is 172 g/mol. The Hall–Kier alpha value is -1.91. The van der Waals surface area contributed by atoms with Gasteiger partial charge in [0, 0.05) is 0 Å². The molecule has 2 N–H and O–H groups in total. The Kier molecular flexibility index (Phi) is 2.59. The summed E-state index contributed by atoms with van der Waals surface area (Å²) in [6.07, 6.45) is 0. The van der Waals surface area contributed by atoms with Crippen molar-refractivity contribution in [3.8, 4) is 0 Å². The monoisotopic (exact) mass is 180 g/mol. The maximum absolute atomic E-state index is 11.0. The predicted octanol–water partition coefficient (Wildman–Crippen LogP) is 1.45. The molecule has 0 radical (unpaired) electrons. The Labute approximate surface area is 74.5 Å². The highest BCUT2D eigenvalue weighted by atomic mass is 16.5. The van der Waals surface area contributed by atoms with Crippen LogP contribution >= 0.6 is 0 Å². The van der Waals surface area contributed by atoms with Crippen LogP contribution in [0.5, 0.6) is 0 Å². The van der Waals surface area contributed by atoms with Crippen molar-refractivity contribution in [2.24, 2.45) is 5.18 Å². The first kappa shape index (κ1) is 9.18. The molecule has 1 aromatic rings. The molecule has 1 aromatic carbocycles. The molecule has 5 heteroatoms. The number of hydrogen-bond donors (Lipinski definition) is 1. The van der Waals surface area contributed by atoms with Crippen molar-refractivity contribution in [1.82, 2.24) is 0 Å². The SMILES string of the molecule is COC(=O)c1ccc(N)c(N=O)c1. The standard InChI is InChI=1S/C8H8N2O3/c1-13-8(11)5-2-3-6(9)7(4-5)10-12/h2-4H,9H2,1H3. The van der Waals surface area contributed by atoms with Crippen molar-refractivity contribution >= 4 is 17.3 Å². The molecule has 0 amide bonds. The lowest BCUT2D eigenvalue weighted by atomic mass is 10.2. The normalized spacial score (nSPS) is 9.31. The van der Waals surface area contributed by atoms with Crippen LogP contribution in [0.3, 0.4) is 0 Å². The lowest BCUT2D eigenvalue weighted by Gasteiger charge is -2.00. The molecule has 5 nitrogen and oxygen atoms in total. The molecule has 0 saturated carbocycles. The van der Waals surface area contributed by atoms with E-state index in [1.54, 1.807) is 0 Å². The fourth-order valence-electron chi connectivity index (χ4n) is 0.868. The van der Waals surface area contributed by atoms with Crippen molar-refractivity contribution in [2.75, 3.05) is 12.8 Å². The zero-order valence-electron chi connectivity index (χ0n) is 6.98. The lowest BCUT2D eigenvalue weighted by molar-refractivity contribution is 0.0601. The van der Waals surface area contributed by atoms with Crippen molar-refractivity contribution in [2.45, 2.75) is 0 Å². The molecule has 0 aliphatic heterocycles. The summed E-state index contributed by atoms with van der Waals surface area (Å²) < 4.78 is 4.45. The third kappa shape index (κ3) is 1.81. The van der Waals surface area contributed by atoms with Gasteiger partial charge < -0.3 is 10.5 Å². The van der Waals surface area contributed by atoms with Gasteiger partial charge in [-0.15, -0.1) is 4.91 Å². The zero-order chi connectivity index (χ0) is 9.84. The van der Waals surface area contributed by atoms with E-state index in [4.69, 9.17) is 5.73 Å². The average molecular weight is 180 g/mol. The van der Waals surface area contributed by atoms with Crippen molar-refractivity contribution in [3.05, 3.63) is 28.7 Å². The highest BCUT2D eigenvalue weighted by Gasteiger charge is 2.08. The molecule has 0 aliphatic rings. The Morgan fingerprint density at radius 1 is 1.54 bits per heavy atom. The number of benzene rings is 1. The second kappa shape index (κ2) is 3.66. The molecule has 0 unspecified atom stereocenters. The van der Waals surface area contributed by atoms with Crippen LogP contribution in [-0.2, 0) is 4.74 Å². The maximum atomic E-state index is 11.0. The average Bonchev–Trinajstić information content (AvgIpc) is 2.17. The van der Waals surface area contributed by atoms with Crippen LogP contribution in [0.2, 0.25) is 0 Å². The summed E-state index contributed by atoms with van der Waals surface area (Å²) in [5, 5.41) is 2.66. The van der Waals surface area contributed by atoms with Crippen LogP contribution in [0.25, 0.3) is 0 Å². The highest BCUT2D eigenvalue weighted by Crippen LogP contribution is 2.22. The van der Waals surface area contributed by atoms with E-state index < -0.39 is 5.97 Å². The molecule has 0 atom stereocenters. The second-order valence-electron chi connectivity index (χ2n) is 2.36. The number of ether oxygens (including phenoxy) is 1. The summed E-state index contributed by atoms with van der Waals surface area (Å²) in [6.45, 7) is 0. The summed E-state index contributed by atoms with van der Waals surface area (Å²) in [5.41, 5.74) is 5.93. The number of hydrogen-bond acceptors (Lipinski definition) is 5. The number of rotatable bonds is 2. The van der Waals surface area contributed by atoms with Gasteiger partial charge in [0.15, 0.2) is 0 Å². The Morgan fingerprint density at radius 3 is 2.77 bits per heavy atom. The second-order valence-corrected chi connectivity index (χ2v) is 2.36. The van der Waals surface area contributed by atoms with E-state index in [0.29, 0.717) is 0 Å². The quantitative estimate of drug-likeness (QED) is 0.424. The number of nitrogens with zero attached hydrogens (tertiary/aromatic N) is 1. The number of nitroso groups, excluding NO2 is 1. The van der Waals surface area contributed by atoms with Crippen LogP contribution in [0.1, 0.15) is 10.4 Å².